The standard InChI is InChI=1S/C19H30N2O.C2H6/c1-5-6-9-20-11-19(12-20)13-21(14-19)16-7-8-17(15(2)3)18(10-16)22-4;1-2/h7-8,10,15H,5-6,9,11-14H2,1-4H3;1-2H3. The number of benzene rings is 1. The number of methoxy groups -OCH3 is 1. The second-order valence-corrected chi connectivity index (χ2v) is 7.50. The van der Waals surface area contributed by atoms with Crippen molar-refractivity contribution in [3.63, 3.8) is 0 Å². The van der Waals surface area contributed by atoms with Gasteiger partial charge in [-0.05, 0) is 30.5 Å². The molecule has 2 aliphatic heterocycles. The van der Waals surface area contributed by atoms with Crippen LogP contribution in [0.2, 0.25) is 0 Å². The average Bonchev–Trinajstić information content (AvgIpc) is 2.53. The molecule has 2 heterocycles. The Morgan fingerprint density at radius 1 is 1.12 bits per heavy atom. The van der Waals surface area contributed by atoms with Crippen LogP contribution in [-0.4, -0.2) is 44.7 Å². The number of anilines is 1. The first-order chi connectivity index (χ1) is 11.6. The van der Waals surface area contributed by atoms with Crippen LogP contribution in [0.25, 0.3) is 0 Å². The van der Waals surface area contributed by atoms with Crippen LogP contribution in [-0.2, 0) is 0 Å². The summed E-state index contributed by atoms with van der Waals surface area (Å²) in [6, 6.07) is 6.71. The molecular formula is C21H36N2O. The minimum Gasteiger partial charge on any atom is -0.496 e. The number of nitrogens with zero attached hydrogens (tertiary/aromatic N) is 2. The molecule has 0 N–H and O–H groups in total. The van der Waals surface area contributed by atoms with Gasteiger partial charge in [0.2, 0.25) is 0 Å². The van der Waals surface area contributed by atoms with Gasteiger partial charge < -0.3 is 14.5 Å². The Balaban J connectivity index is 0.00000100. The van der Waals surface area contributed by atoms with Crippen LogP contribution in [0.3, 0.4) is 0 Å². The minimum absolute atomic E-state index is 0.505. The van der Waals surface area contributed by atoms with Gasteiger partial charge in [0.05, 0.1) is 7.11 Å². The summed E-state index contributed by atoms with van der Waals surface area (Å²) in [6.07, 6.45) is 2.64. The van der Waals surface area contributed by atoms with Gasteiger partial charge in [-0.2, -0.15) is 0 Å². The highest BCUT2D eigenvalue weighted by molar-refractivity contribution is 5.57. The van der Waals surface area contributed by atoms with E-state index in [9.17, 15) is 0 Å². The van der Waals surface area contributed by atoms with Gasteiger partial charge in [-0.25, -0.2) is 0 Å². The Labute approximate surface area is 149 Å². The molecule has 3 nitrogen and oxygen atoms in total. The fraction of sp³-hybridized carbons (Fsp3) is 0.714. The second kappa shape index (κ2) is 8.24. The summed E-state index contributed by atoms with van der Waals surface area (Å²) in [5, 5.41) is 0. The van der Waals surface area contributed by atoms with E-state index in [0.717, 1.165) is 5.75 Å². The molecule has 3 heteroatoms. The van der Waals surface area contributed by atoms with E-state index in [1.165, 1.54) is 56.8 Å². The van der Waals surface area contributed by atoms with Gasteiger partial charge in [0.25, 0.3) is 0 Å². The van der Waals surface area contributed by atoms with Crippen molar-refractivity contribution >= 4 is 5.69 Å². The van der Waals surface area contributed by atoms with E-state index in [4.69, 9.17) is 4.74 Å². The van der Waals surface area contributed by atoms with Crippen molar-refractivity contribution in [2.45, 2.75) is 53.4 Å². The van der Waals surface area contributed by atoms with Crippen molar-refractivity contribution in [2.75, 3.05) is 44.7 Å². The number of ether oxygens (including phenoxy) is 1. The Morgan fingerprint density at radius 3 is 2.33 bits per heavy atom. The van der Waals surface area contributed by atoms with Crippen molar-refractivity contribution in [3.05, 3.63) is 23.8 Å². The van der Waals surface area contributed by atoms with Crippen LogP contribution in [0.4, 0.5) is 5.69 Å². The maximum Gasteiger partial charge on any atom is 0.124 e. The highest BCUT2D eigenvalue weighted by Crippen LogP contribution is 2.43. The maximum atomic E-state index is 5.58. The molecule has 136 valence electrons. The Morgan fingerprint density at radius 2 is 1.79 bits per heavy atom. The average molecular weight is 333 g/mol. The van der Waals surface area contributed by atoms with Gasteiger partial charge >= 0.3 is 0 Å². The number of hydrogen-bond acceptors (Lipinski definition) is 3. The van der Waals surface area contributed by atoms with Crippen molar-refractivity contribution in [3.8, 4) is 5.75 Å². The van der Waals surface area contributed by atoms with Crippen LogP contribution in [0.1, 0.15) is 58.9 Å². The molecule has 3 rings (SSSR count). The molecule has 0 aliphatic carbocycles. The molecule has 0 bridgehead atoms. The van der Waals surface area contributed by atoms with Crippen molar-refractivity contribution in [1.29, 1.82) is 0 Å². The lowest BCUT2D eigenvalue weighted by atomic mass is 9.72. The predicted octanol–water partition coefficient (Wildman–Crippen LogP) is 4.77. The summed E-state index contributed by atoms with van der Waals surface area (Å²) >= 11 is 0. The maximum absolute atomic E-state index is 5.58. The Hall–Kier alpha value is -1.22. The largest absolute Gasteiger partial charge is 0.496 e. The molecule has 1 aromatic carbocycles. The first-order valence-electron chi connectivity index (χ1n) is 9.72. The normalized spacial score (nSPS) is 18.7. The monoisotopic (exact) mass is 332 g/mol. The Bertz CT molecular complexity index is 513. The van der Waals surface area contributed by atoms with Crippen LogP contribution >= 0.6 is 0 Å². The lowest BCUT2D eigenvalue weighted by molar-refractivity contribution is -0.0220. The number of unbranched alkanes of at least 4 members (excludes halogenated alkanes) is 1. The van der Waals surface area contributed by atoms with Crippen LogP contribution in [0.5, 0.6) is 5.75 Å². The molecule has 2 aliphatic rings. The van der Waals surface area contributed by atoms with Crippen LogP contribution < -0.4 is 9.64 Å². The quantitative estimate of drug-likeness (QED) is 0.746. The molecule has 0 saturated carbocycles. The van der Waals surface area contributed by atoms with Crippen molar-refractivity contribution in [2.24, 2.45) is 5.41 Å². The number of rotatable bonds is 6. The highest BCUT2D eigenvalue weighted by atomic mass is 16.5. The molecule has 1 aromatic rings. The summed E-state index contributed by atoms with van der Waals surface area (Å²) in [4.78, 5) is 5.12. The van der Waals surface area contributed by atoms with E-state index < -0.39 is 0 Å². The van der Waals surface area contributed by atoms with E-state index in [2.05, 4.69) is 48.8 Å². The van der Waals surface area contributed by atoms with E-state index in [-0.39, 0.29) is 0 Å². The summed E-state index contributed by atoms with van der Waals surface area (Å²) in [5.41, 5.74) is 3.20. The van der Waals surface area contributed by atoms with E-state index in [1.807, 2.05) is 13.8 Å². The van der Waals surface area contributed by atoms with Gasteiger partial charge in [-0.3, -0.25) is 0 Å². The predicted molar refractivity (Wildman–Crippen MR) is 104 cm³/mol. The molecule has 0 aromatic heterocycles. The first-order valence-corrected chi connectivity index (χ1v) is 9.72. The zero-order chi connectivity index (χ0) is 17.7. The lowest BCUT2D eigenvalue weighted by Gasteiger charge is -2.61. The fourth-order valence-corrected chi connectivity index (χ4v) is 3.96. The zero-order valence-electron chi connectivity index (χ0n) is 16.6. The van der Waals surface area contributed by atoms with Crippen LogP contribution in [0, 0.1) is 5.41 Å². The van der Waals surface area contributed by atoms with Gasteiger partial charge in [0.15, 0.2) is 0 Å². The van der Waals surface area contributed by atoms with Gasteiger partial charge in [0, 0.05) is 43.3 Å². The molecule has 2 fully saturated rings. The smallest absolute Gasteiger partial charge is 0.124 e. The Kier molecular flexibility index (Phi) is 6.56. The lowest BCUT2D eigenvalue weighted by Crippen LogP contribution is -2.72. The van der Waals surface area contributed by atoms with E-state index in [1.54, 1.807) is 7.11 Å². The molecule has 1 spiro atoms. The summed E-state index contributed by atoms with van der Waals surface area (Å²) < 4.78 is 5.58. The van der Waals surface area contributed by atoms with Gasteiger partial charge in [0.1, 0.15) is 5.75 Å². The topological polar surface area (TPSA) is 15.7 Å². The fourth-order valence-electron chi connectivity index (χ4n) is 3.96. The van der Waals surface area contributed by atoms with Gasteiger partial charge in [-0.1, -0.05) is 47.1 Å². The van der Waals surface area contributed by atoms with Crippen LogP contribution in [0.15, 0.2) is 18.2 Å². The highest BCUT2D eigenvalue weighted by Gasteiger charge is 2.51. The molecule has 0 amide bonds. The van der Waals surface area contributed by atoms with E-state index >= 15 is 0 Å². The summed E-state index contributed by atoms with van der Waals surface area (Å²) in [7, 11) is 1.78. The van der Waals surface area contributed by atoms with Crippen molar-refractivity contribution < 1.29 is 4.74 Å². The van der Waals surface area contributed by atoms with Gasteiger partial charge in [-0.15, -0.1) is 0 Å². The molecule has 0 radical (unpaired) electrons. The molecule has 0 atom stereocenters. The summed E-state index contributed by atoms with van der Waals surface area (Å²) in [6.45, 7) is 17.0. The third-order valence-electron chi connectivity index (χ3n) is 5.20. The third-order valence-corrected chi connectivity index (χ3v) is 5.20. The number of hydrogen-bond donors (Lipinski definition) is 0. The second-order valence-electron chi connectivity index (χ2n) is 7.50. The zero-order valence-corrected chi connectivity index (χ0v) is 16.6. The molecular weight excluding hydrogens is 296 g/mol. The minimum atomic E-state index is 0.505. The SMILES string of the molecule is CC.CCCCN1CC2(C1)CN(c1ccc(C(C)C)c(OC)c1)C2. The van der Waals surface area contributed by atoms with Crippen molar-refractivity contribution in [1.82, 2.24) is 4.90 Å². The summed E-state index contributed by atoms with van der Waals surface area (Å²) in [5.74, 6) is 1.54. The van der Waals surface area contributed by atoms with E-state index in [0.29, 0.717) is 11.3 Å². The third kappa shape index (κ3) is 3.88. The molecule has 0 unspecified atom stereocenters. The molecule has 24 heavy (non-hydrogen) atoms. The first kappa shape index (κ1) is 19.1. The number of likely N-dealkylation sites (tertiary alicyclic amines) is 1. The molecule has 2 saturated heterocycles.